The molecule has 20 heavy (non-hydrogen) atoms. The molecule has 106 valence electrons. The van der Waals surface area contributed by atoms with E-state index in [-0.39, 0.29) is 11.9 Å². The molecule has 0 bridgehead atoms. The number of amides is 1. The Morgan fingerprint density at radius 2 is 2.30 bits per heavy atom. The predicted octanol–water partition coefficient (Wildman–Crippen LogP) is 1.53. The van der Waals surface area contributed by atoms with Crippen molar-refractivity contribution in [1.29, 1.82) is 0 Å². The summed E-state index contributed by atoms with van der Waals surface area (Å²) in [7, 11) is 0. The fourth-order valence-corrected chi connectivity index (χ4v) is 1.91. The van der Waals surface area contributed by atoms with Gasteiger partial charge in [0.1, 0.15) is 5.69 Å². The van der Waals surface area contributed by atoms with E-state index in [1.54, 1.807) is 18.5 Å². The molecular formula is C14H19N5O. The van der Waals surface area contributed by atoms with Crippen molar-refractivity contribution in [1.82, 2.24) is 20.1 Å². The summed E-state index contributed by atoms with van der Waals surface area (Å²) in [6.45, 7) is 5.29. The Kier molecular flexibility index (Phi) is 4.70. The van der Waals surface area contributed by atoms with E-state index in [4.69, 9.17) is 0 Å². The van der Waals surface area contributed by atoms with Crippen molar-refractivity contribution in [2.75, 3.05) is 11.9 Å². The summed E-state index contributed by atoms with van der Waals surface area (Å²) in [6, 6.07) is 5.69. The third-order valence-corrected chi connectivity index (χ3v) is 2.76. The molecular weight excluding hydrogens is 254 g/mol. The lowest BCUT2D eigenvalue weighted by Gasteiger charge is -2.15. The van der Waals surface area contributed by atoms with E-state index in [0.717, 1.165) is 12.2 Å². The van der Waals surface area contributed by atoms with Gasteiger partial charge in [0.15, 0.2) is 0 Å². The standard InChI is InChI=1S/C14H19N5O/c1-3-15-14(20)13-9-12(5-7-16-13)18-11(2)10-19-8-4-6-17-19/h4-9,11H,3,10H2,1-2H3,(H,15,20)(H,16,18). The molecule has 2 aromatic heterocycles. The minimum absolute atomic E-state index is 0.157. The SMILES string of the molecule is CCNC(=O)c1cc(NC(C)Cn2cccn2)ccn1. The zero-order chi connectivity index (χ0) is 14.4. The highest BCUT2D eigenvalue weighted by Gasteiger charge is 2.08. The molecule has 2 rings (SSSR count). The van der Waals surface area contributed by atoms with Gasteiger partial charge in [-0.1, -0.05) is 0 Å². The quantitative estimate of drug-likeness (QED) is 0.837. The number of hydrogen-bond donors (Lipinski definition) is 2. The Morgan fingerprint density at radius 3 is 3.00 bits per heavy atom. The van der Waals surface area contributed by atoms with Gasteiger partial charge in [-0.05, 0) is 32.0 Å². The van der Waals surface area contributed by atoms with Crippen molar-refractivity contribution < 1.29 is 4.79 Å². The van der Waals surface area contributed by atoms with Crippen LogP contribution in [-0.4, -0.2) is 33.3 Å². The minimum atomic E-state index is -0.157. The molecule has 6 heteroatoms. The Balaban J connectivity index is 1.98. The van der Waals surface area contributed by atoms with Crippen LogP contribution in [0.5, 0.6) is 0 Å². The fourth-order valence-electron chi connectivity index (χ4n) is 1.91. The first-order chi connectivity index (χ1) is 9.69. The molecule has 1 atom stereocenters. The first-order valence-electron chi connectivity index (χ1n) is 6.67. The van der Waals surface area contributed by atoms with Gasteiger partial charge in [0, 0.05) is 36.9 Å². The second-order valence-corrected chi connectivity index (χ2v) is 4.56. The Morgan fingerprint density at radius 1 is 1.45 bits per heavy atom. The molecule has 0 saturated heterocycles. The molecule has 0 saturated carbocycles. The van der Waals surface area contributed by atoms with Crippen LogP contribution in [0.25, 0.3) is 0 Å². The van der Waals surface area contributed by atoms with Crippen LogP contribution in [0.1, 0.15) is 24.3 Å². The number of carbonyl (C=O) groups is 1. The van der Waals surface area contributed by atoms with E-state index in [1.165, 1.54) is 0 Å². The maximum atomic E-state index is 11.7. The zero-order valence-corrected chi connectivity index (χ0v) is 11.7. The van der Waals surface area contributed by atoms with Crippen molar-refractivity contribution in [3.63, 3.8) is 0 Å². The molecule has 6 nitrogen and oxygen atoms in total. The van der Waals surface area contributed by atoms with Crippen LogP contribution in [-0.2, 0) is 6.54 Å². The third-order valence-electron chi connectivity index (χ3n) is 2.76. The maximum absolute atomic E-state index is 11.7. The van der Waals surface area contributed by atoms with Crippen molar-refractivity contribution in [3.05, 3.63) is 42.5 Å². The average Bonchev–Trinajstić information content (AvgIpc) is 2.92. The molecule has 2 N–H and O–H groups in total. The smallest absolute Gasteiger partial charge is 0.269 e. The highest BCUT2D eigenvalue weighted by atomic mass is 16.1. The van der Waals surface area contributed by atoms with Crippen LogP contribution in [0.4, 0.5) is 5.69 Å². The largest absolute Gasteiger partial charge is 0.381 e. The number of pyridine rings is 1. The number of hydrogen-bond acceptors (Lipinski definition) is 4. The Labute approximate surface area is 118 Å². The average molecular weight is 273 g/mol. The van der Waals surface area contributed by atoms with Crippen LogP contribution >= 0.6 is 0 Å². The molecule has 0 radical (unpaired) electrons. The first kappa shape index (κ1) is 14.0. The molecule has 0 spiro atoms. The highest BCUT2D eigenvalue weighted by Crippen LogP contribution is 2.10. The van der Waals surface area contributed by atoms with Gasteiger partial charge in [-0.3, -0.25) is 14.5 Å². The van der Waals surface area contributed by atoms with Gasteiger partial charge in [-0.25, -0.2) is 0 Å². The van der Waals surface area contributed by atoms with Gasteiger partial charge in [-0.2, -0.15) is 5.10 Å². The van der Waals surface area contributed by atoms with Crippen molar-refractivity contribution in [2.24, 2.45) is 0 Å². The summed E-state index contributed by atoms with van der Waals surface area (Å²) in [5, 5.41) is 10.2. The van der Waals surface area contributed by atoms with Gasteiger partial charge < -0.3 is 10.6 Å². The molecule has 0 aliphatic rings. The van der Waals surface area contributed by atoms with Crippen LogP contribution in [0.2, 0.25) is 0 Å². The summed E-state index contributed by atoms with van der Waals surface area (Å²) in [5.74, 6) is -0.157. The van der Waals surface area contributed by atoms with Crippen LogP contribution in [0.3, 0.4) is 0 Å². The van der Waals surface area contributed by atoms with Crippen LogP contribution in [0, 0.1) is 0 Å². The summed E-state index contributed by atoms with van der Waals surface area (Å²) >= 11 is 0. The lowest BCUT2D eigenvalue weighted by atomic mass is 10.2. The normalized spacial score (nSPS) is 11.9. The monoisotopic (exact) mass is 273 g/mol. The summed E-state index contributed by atoms with van der Waals surface area (Å²) in [4.78, 5) is 15.8. The molecule has 1 amide bonds. The van der Waals surface area contributed by atoms with E-state index < -0.39 is 0 Å². The molecule has 0 aromatic carbocycles. The van der Waals surface area contributed by atoms with Crippen LogP contribution in [0.15, 0.2) is 36.8 Å². The molecule has 2 aromatic rings. The van der Waals surface area contributed by atoms with E-state index in [1.807, 2.05) is 29.9 Å². The summed E-state index contributed by atoms with van der Waals surface area (Å²) < 4.78 is 1.86. The van der Waals surface area contributed by atoms with E-state index in [2.05, 4.69) is 27.6 Å². The zero-order valence-electron chi connectivity index (χ0n) is 11.7. The number of nitrogens with one attached hydrogen (secondary N) is 2. The molecule has 0 fully saturated rings. The van der Waals surface area contributed by atoms with Gasteiger partial charge in [0.05, 0.1) is 6.54 Å². The Bertz CT molecular complexity index is 552. The lowest BCUT2D eigenvalue weighted by Crippen LogP contribution is -2.25. The minimum Gasteiger partial charge on any atom is -0.381 e. The number of anilines is 1. The van der Waals surface area contributed by atoms with Gasteiger partial charge in [0.25, 0.3) is 5.91 Å². The van der Waals surface area contributed by atoms with Crippen molar-refractivity contribution in [3.8, 4) is 0 Å². The number of rotatable bonds is 6. The topological polar surface area (TPSA) is 71.8 Å². The highest BCUT2D eigenvalue weighted by molar-refractivity contribution is 5.93. The van der Waals surface area contributed by atoms with Crippen molar-refractivity contribution in [2.45, 2.75) is 26.4 Å². The van der Waals surface area contributed by atoms with Gasteiger partial charge in [0.2, 0.25) is 0 Å². The molecule has 0 aliphatic carbocycles. The van der Waals surface area contributed by atoms with E-state index in [9.17, 15) is 4.79 Å². The molecule has 2 heterocycles. The second-order valence-electron chi connectivity index (χ2n) is 4.56. The van der Waals surface area contributed by atoms with Gasteiger partial charge >= 0.3 is 0 Å². The van der Waals surface area contributed by atoms with E-state index >= 15 is 0 Å². The second kappa shape index (κ2) is 6.70. The summed E-state index contributed by atoms with van der Waals surface area (Å²) in [6.07, 6.45) is 5.31. The molecule has 0 aliphatic heterocycles. The lowest BCUT2D eigenvalue weighted by molar-refractivity contribution is 0.0951. The van der Waals surface area contributed by atoms with Crippen molar-refractivity contribution >= 4 is 11.6 Å². The van der Waals surface area contributed by atoms with E-state index in [0.29, 0.717) is 12.2 Å². The number of nitrogens with zero attached hydrogens (tertiary/aromatic N) is 3. The third kappa shape index (κ3) is 3.81. The Hall–Kier alpha value is -2.37. The first-order valence-corrected chi connectivity index (χ1v) is 6.67. The number of aromatic nitrogens is 3. The maximum Gasteiger partial charge on any atom is 0.269 e. The van der Waals surface area contributed by atoms with Crippen LogP contribution < -0.4 is 10.6 Å². The summed E-state index contributed by atoms with van der Waals surface area (Å²) in [5.41, 5.74) is 1.30. The molecule has 1 unspecified atom stereocenters. The predicted molar refractivity (Wildman–Crippen MR) is 77.6 cm³/mol. The van der Waals surface area contributed by atoms with Gasteiger partial charge in [-0.15, -0.1) is 0 Å². The fraction of sp³-hybridized carbons (Fsp3) is 0.357. The number of carbonyl (C=O) groups excluding carboxylic acids is 1.